The monoisotopic (exact) mass is 462 g/mol. The number of hydrogen-bond acceptors (Lipinski definition) is 6. The van der Waals surface area contributed by atoms with Gasteiger partial charge in [-0.25, -0.2) is 0 Å². The molecule has 4 rings (SSSR count). The smallest absolute Gasteiger partial charge is 0.235 e. The fourth-order valence-corrected chi connectivity index (χ4v) is 4.47. The Balaban J connectivity index is 1.57. The summed E-state index contributed by atoms with van der Waals surface area (Å²) in [6.07, 6.45) is 1.64. The van der Waals surface area contributed by atoms with Crippen molar-refractivity contribution in [1.29, 1.82) is 0 Å². The number of amides is 1. The van der Waals surface area contributed by atoms with Crippen LogP contribution in [0.5, 0.6) is 5.75 Å². The van der Waals surface area contributed by atoms with Gasteiger partial charge in [-0.15, -0.1) is 10.2 Å². The predicted molar refractivity (Wildman–Crippen MR) is 128 cm³/mol. The molecule has 8 heteroatoms. The van der Waals surface area contributed by atoms with Gasteiger partial charge >= 0.3 is 0 Å². The van der Waals surface area contributed by atoms with Crippen molar-refractivity contribution in [2.24, 2.45) is 0 Å². The van der Waals surface area contributed by atoms with Crippen molar-refractivity contribution in [1.82, 2.24) is 19.7 Å². The van der Waals surface area contributed by atoms with Crippen LogP contribution in [0.25, 0.3) is 11.4 Å². The Morgan fingerprint density at radius 2 is 1.94 bits per heavy atom. The molecule has 0 aliphatic carbocycles. The molecule has 4 aromatic rings. The minimum absolute atomic E-state index is 0.0272. The molecule has 0 fully saturated rings. The molecular weight excluding hydrogens is 436 g/mol. The van der Waals surface area contributed by atoms with Gasteiger partial charge in [0.1, 0.15) is 11.5 Å². The largest absolute Gasteiger partial charge is 0.497 e. The van der Waals surface area contributed by atoms with E-state index in [0.717, 1.165) is 22.6 Å². The second-order valence-electron chi connectivity index (χ2n) is 7.64. The minimum atomic E-state index is -0.337. The van der Waals surface area contributed by atoms with Crippen LogP contribution in [0.2, 0.25) is 0 Å². The lowest BCUT2D eigenvalue weighted by Crippen LogP contribution is -2.33. The van der Waals surface area contributed by atoms with E-state index in [1.165, 1.54) is 11.8 Å². The summed E-state index contributed by atoms with van der Waals surface area (Å²) in [7, 11) is 3.45. The summed E-state index contributed by atoms with van der Waals surface area (Å²) in [6.45, 7) is 2.90. The fourth-order valence-electron chi connectivity index (χ4n) is 3.51. The van der Waals surface area contributed by atoms with Crippen LogP contribution in [0.15, 0.2) is 82.6 Å². The van der Waals surface area contributed by atoms with Crippen LogP contribution < -0.4 is 4.74 Å². The van der Waals surface area contributed by atoms with E-state index in [1.807, 2.05) is 85.3 Å². The Labute approximate surface area is 197 Å². The van der Waals surface area contributed by atoms with Crippen molar-refractivity contribution < 1.29 is 13.9 Å². The van der Waals surface area contributed by atoms with Crippen molar-refractivity contribution >= 4 is 17.7 Å². The van der Waals surface area contributed by atoms with Gasteiger partial charge in [0, 0.05) is 19.2 Å². The molecule has 0 aliphatic rings. The molecule has 0 aliphatic heterocycles. The maximum absolute atomic E-state index is 13.1. The standard InChI is InChI=1S/C25H26N4O3S/c1-18(24(30)28(2)16-19-9-5-4-6-10-19)33-25-27-26-23(20-11-7-12-21(15-20)31-3)29(25)17-22-13-8-14-32-22/h4-15,18H,16-17H2,1-3H3. The van der Waals surface area contributed by atoms with Crippen LogP contribution in [0.1, 0.15) is 18.2 Å². The van der Waals surface area contributed by atoms with Crippen LogP contribution in [-0.2, 0) is 17.9 Å². The first-order valence-electron chi connectivity index (χ1n) is 10.6. The van der Waals surface area contributed by atoms with Crippen molar-refractivity contribution in [2.75, 3.05) is 14.2 Å². The van der Waals surface area contributed by atoms with Gasteiger partial charge in [0.05, 0.1) is 25.2 Å². The first-order valence-corrected chi connectivity index (χ1v) is 11.5. The van der Waals surface area contributed by atoms with E-state index >= 15 is 0 Å². The topological polar surface area (TPSA) is 73.4 Å². The Bertz CT molecular complexity index is 1190. The van der Waals surface area contributed by atoms with Crippen LogP contribution in [0, 0.1) is 0 Å². The highest BCUT2D eigenvalue weighted by molar-refractivity contribution is 8.00. The zero-order chi connectivity index (χ0) is 23.2. The molecule has 1 atom stereocenters. The molecule has 170 valence electrons. The zero-order valence-electron chi connectivity index (χ0n) is 18.8. The van der Waals surface area contributed by atoms with Crippen molar-refractivity contribution in [2.45, 2.75) is 30.4 Å². The number of methoxy groups -OCH3 is 1. The Morgan fingerprint density at radius 3 is 2.67 bits per heavy atom. The first kappa shape index (κ1) is 22.7. The van der Waals surface area contributed by atoms with Gasteiger partial charge in [-0.05, 0) is 36.8 Å². The van der Waals surface area contributed by atoms with E-state index in [-0.39, 0.29) is 11.2 Å². The molecule has 2 aromatic carbocycles. The summed E-state index contributed by atoms with van der Waals surface area (Å²) in [6, 6.07) is 21.4. The molecule has 2 aromatic heterocycles. The minimum Gasteiger partial charge on any atom is -0.497 e. The first-order chi connectivity index (χ1) is 16.0. The number of benzene rings is 2. The number of thioether (sulfide) groups is 1. The van der Waals surface area contributed by atoms with E-state index < -0.39 is 0 Å². The molecule has 0 radical (unpaired) electrons. The van der Waals surface area contributed by atoms with Crippen LogP contribution in [0.4, 0.5) is 0 Å². The van der Waals surface area contributed by atoms with Gasteiger partial charge in [-0.2, -0.15) is 0 Å². The third kappa shape index (κ3) is 5.46. The Kier molecular flexibility index (Phi) is 7.14. The lowest BCUT2D eigenvalue weighted by atomic mass is 10.2. The maximum Gasteiger partial charge on any atom is 0.235 e. The molecule has 0 saturated heterocycles. The highest BCUT2D eigenvalue weighted by atomic mass is 32.2. The molecule has 1 amide bonds. The number of rotatable bonds is 9. The number of nitrogens with zero attached hydrogens (tertiary/aromatic N) is 4. The molecule has 0 spiro atoms. The van der Waals surface area contributed by atoms with Gasteiger partial charge in [-0.3, -0.25) is 9.36 Å². The van der Waals surface area contributed by atoms with Crippen LogP contribution in [0.3, 0.4) is 0 Å². The van der Waals surface area contributed by atoms with Gasteiger partial charge in [0.2, 0.25) is 5.91 Å². The highest BCUT2D eigenvalue weighted by Crippen LogP contribution is 2.30. The number of carbonyl (C=O) groups is 1. The van der Waals surface area contributed by atoms with Crippen molar-refractivity contribution in [3.05, 3.63) is 84.3 Å². The lowest BCUT2D eigenvalue weighted by Gasteiger charge is -2.21. The summed E-state index contributed by atoms with van der Waals surface area (Å²) in [5.74, 6) is 2.23. The summed E-state index contributed by atoms with van der Waals surface area (Å²) in [5, 5.41) is 9.17. The van der Waals surface area contributed by atoms with Gasteiger partial charge in [-0.1, -0.05) is 54.2 Å². The van der Waals surface area contributed by atoms with Crippen LogP contribution >= 0.6 is 11.8 Å². The van der Waals surface area contributed by atoms with E-state index in [1.54, 1.807) is 18.3 Å². The Hall–Kier alpha value is -3.52. The molecule has 1 unspecified atom stereocenters. The molecule has 2 heterocycles. The molecule has 33 heavy (non-hydrogen) atoms. The van der Waals surface area contributed by atoms with E-state index in [2.05, 4.69) is 10.2 Å². The zero-order valence-corrected chi connectivity index (χ0v) is 19.7. The predicted octanol–water partition coefficient (Wildman–Crippen LogP) is 4.73. The fraction of sp³-hybridized carbons (Fsp3) is 0.240. The number of aromatic nitrogens is 3. The number of hydrogen-bond donors (Lipinski definition) is 0. The second kappa shape index (κ2) is 10.4. The quantitative estimate of drug-likeness (QED) is 0.335. The lowest BCUT2D eigenvalue weighted by molar-refractivity contribution is -0.129. The molecule has 0 saturated carbocycles. The molecular formula is C25H26N4O3S. The van der Waals surface area contributed by atoms with E-state index in [0.29, 0.717) is 24.1 Å². The highest BCUT2D eigenvalue weighted by Gasteiger charge is 2.24. The van der Waals surface area contributed by atoms with Gasteiger partial charge < -0.3 is 14.1 Å². The third-order valence-corrected chi connectivity index (χ3v) is 6.28. The Morgan fingerprint density at radius 1 is 1.12 bits per heavy atom. The molecule has 0 bridgehead atoms. The summed E-state index contributed by atoms with van der Waals surface area (Å²) in [4.78, 5) is 14.8. The molecule has 7 nitrogen and oxygen atoms in total. The number of ether oxygens (including phenoxy) is 1. The molecule has 0 N–H and O–H groups in total. The number of furan rings is 1. The van der Waals surface area contributed by atoms with Crippen molar-refractivity contribution in [3.63, 3.8) is 0 Å². The summed E-state index contributed by atoms with van der Waals surface area (Å²) >= 11 is 1.39. The average Bonchev–Trinajstić information content (AvgIpc) is 3.50. The van der Waals surface area contributed by atoms with Crippen LogP contribution in [-0.4, -0.2) is 45.0 Å². The third-order valence-electron chi connectivity index (χ3n) is 5.21. The van der Waals surface area contributed by atoms with Gasteiger partial charge in [0.15, 0.2) is 11.0 Å². The number of carbonyl (C=O) groups excluding carboxylic acids is 1. The second-order valence-corrected chi connectivity index (χ2v) is 8.95. The normalized spacial score (nSPS) is 11.8. The van der Waals surface area contributed by atoms with Gasteiger partial charge in [0.25, 0.3) is 0 Å². The van der Waals surface area contributed by atoms with E-state index in [4.69, 9.17) is 9.15 Å². The summed E-state index contributed by atoms with van der Waals surface area (Å²) < 4.78 is 12.9. The average molecular weight is 463 g/mol. The maximum atomic E-state index is 13.1. The SMILES string of the molecule is COc1cccc(-c2nnc(SC(C)C(=O)N(C)Cc3ccccc3)n2Cc2ccco2)c1. The summed E-state index contributed by atoms with van der Waals surface area (Å²) in [5.41, 5.74) is 1.97. The van der Waals surface area contributed by atoms with E-state index in [9.17, 15) is 4.79 Å². The van der Waals surface area contributed by atoms with Crippen molar-refractivity contribution in [3.8, 4) is 17.1 Å².